The van der Waals surface area contributed by atoms with Crippen molar-refractivity contribution in [3.63, 3.8) is 0 Å². The Morgan fingerprint density at radius 2 is 1.56 bits per heavy atom. The smallest absolute Gasteiger partial charge is 0.267 e. The lowest BCUT2D eigenvalue weighted by Crippen LogP contribution is -2.42. The maximum Gasteiger partial charge on any atom is 0.290 e. The van der Waals surface area contributed by atoms with E-state index in [1.165, 1.54) is 16.8 Å². The Labute approximate surface area is 182 Å². The van der Waals surface area contributed by atoms with Crippen LogP contribution >= 0.6 is 0 Å². The zero-order chi connectivity index (χ0) is 22.5. The molecule has 1 heterocycles. The molecule has 2 amide bonds. The van der Waals surface area contributed by atoms with Gasteiger partial charge in [0.25, 0.3) is 17.4 Å². The molecule has 156 valence electrons. The predicted octanol–water partition coefficient (Wildman–Crippen LogP) is 2.39. The molecule has 0 bridgehead atoms. The normalized spacial score (nSPS) is 10.3. The highest BCUT2D eigenvalue weighted by Crippen LogP contribution is 2.14. The maximum atomic E-state index is 12.9. The molecule has 1 aromatic heterocycles. The molecular formula is C24H17N5O3. The fraction of sp³-hybridized carbons (Fsp3) is 0.0417. The molecule has 8 heteroatoms. The number of nitrogens with zero attached hydrogens (tertiary/aromatic N) is 3. The summed E-state index contributed by atoms with van der Waals surface area (Å²) in [6.45, 7) is 0.193. The number of benzene rings is 3. The highest BCUT2D eigenvalue weighted by atomic mass is 16.2. The van der Waals surface area contributed by atoms with E-state index in [2.05, 4.69) is 16.0 Å². The Bertz CT molecular complexity index is 1420. The fourth-order valence-corrected chi connectivity index (χ4v) is 3.24. The number of nitrogens with one attached hydrogen (secondary N) is 2. The predicted molar refractivity (Wildman–Crippen MR) is 118 cm³/mol. The molecule has 0 saturated carbocycles. The minimum absolute atomic E-state index is 0.00204. The van der Waals surface area contributed by atoms with Crippen LogP contribution in [0.4, 0.5) is 0 Å². The first-order valence-electron chi connectivity index (χ1n) is 9.71. The Balaban J connectivity index is 1.63. The highest BCUT2D eigenvalue weighted by Gasteiger charge is 2.18. The van der Waals surface area contributed by atoms with Crippen molar-refractivity contribution in [2.24, 2.45) is 0 Å². The van der Waals surface area contributed by atoms with Gasteiger partial charge in [-0.25, -0.2) is 4.68 Å². The molecule has 4 aromatic rings. The van der Waals surface area contributed by atoms with Crippen LogP contribution in [-0.2, 0) is 6.54 Å². The molecule has 0 fully saturated rings. The van der Waals surface area contributed by atoms with Crippen molar-refractivity contribution in [1.82, 2.24) is 20.6 Å². The SMILES string of the molecule is N#Cc1cccc(C(=O)NNC(=O)c2nn(Cc3ccccc3)c(=O)c3ccccc23)c1. The van der Waals surface area contributed by atoms with E-state index in [4.69, 9.17) is 5.26 Å². The third-order valence-corrected chi connectivity index (χ3v) is 4.80. The van der Waals surface area contributed by atoms with Gasteiger partial charge in [0.15, 0.2) is 5.69 Å². The number of fused-ring (bicyclic) bond motifs is 1. The average molecular weight is 423 g/mol. The molecule has 2 N–H and O–H groups in total. The van der Waals surface area contributed by atoms with Crippen molar-refractivity contribution in [3.8, 4) is 6.07 Å². The number of amides is 2. The van der Waals surface area contributed by atoms with E-state index in [1.807, 2.05) is 36.4 Å². The van der Waals surface area contributed by atoms with Gasteiger partial charge < -0.3 is 0 Å². The van der Waals surface area contributed by atoms with Gasteiger partial charge in [-0.1, -0.05) is 54.6 Å². The van der Waals surface area contributed by atoms with Gasteiger partial charge in [-0.05, 0) is 29.8 Å². The fourth-order valence-electron chi connectivity index (χ4n) is 3.24. The number of nitriles is 1. The van der Waals surface area contributed by atoms with E-state index in [0.29, 0.717) is 16.3 Å². The van der Waals surface area contributed by atoms with Crippen LogP contribution in [0.5, 0.6) is 0 Å². The van der Waals surface area contributed by atoms with E-state index in [1.54, 1.807) is 36.4 Å². The second-order valence-corrected chi connectivity index (χ2v) is 6.94. The summed E-state index contributed by atoms with van der Waals surface area (Å²) in [4.78, 5) is 38.1. The van der Waals surface area contributed by atoms with Crippen LogP contribution in [0.2, 0.25) is 0 Å². The van der Waals surface area contributed by atoms with Crippen LogP contribution in [0.25, 0.3) is 10.8 Å². The molecule has 0 aliphatic rings. The van der Waals surface area contributed by atoms with Crippen LogP contribution in [0.3, 0.4) is 0 Å². The number of hydrazine groups is 1. The lowest BCUT2D eigenvalue weighted by atomic mass is 10.1. The van der Waals surface area contributed by atoms with Crippen LogP contribution in [0.15, 0.2) is 83.7 Å². The molecule has 0 spiro atoms. The summed E-state index contributed by atoms with van der Waals surface area (Å²) in [6.07, 6.45) is 0. The summed E-state index contributed by atoms with van der Waals surface area (Å²) in [7, 11) is 0. The third kappa shape index (κ3) is 4.22. The second kappa shape index (κ2) is 8.93. The molecule has 0 radical (unpaired) electrons. The Morgan fingerprint density at radius 3 is 2.31 bits per heavy atom. The van der Waals surface area contributed by atoms with Gasteiger partial charge in [-0.3, -0.25) is 25.2 Å². The van der Waals surface area contributed by atoms with Crippen LogP contribution in [0, 0.1) is 11.3 Å². The van der Waals surface area contributed by atoms with E-state index in [9.17, 15) is 14.4 Å². The van der Waals surface area contributed by atoms with Gasteiger partial charge in [0.1, 0.15) is 0 Å². The Morgan fingerprint density at radius 1 is 0.875 bits per heavy atom. The van der Waals surface area contributed by atoms with Crippen molar-refractivity contribution in [2.45, 2.75) is 6.54 Å². The summed E-state index contributed by atoms with van der Waals surface area (Å²) < 4.78 is 1.23. The van der Waals surface area contributed by atoms with E-state index in [-0.39, 0.29) is 23.4 Å². The maximum absolute atomic E-state index is 12.9. The lowest BCUT2D eigenvalue weighted by molar-refractivity contribution is 0.0843. The number of hydrogen-bond donors (Lipinski definition) is 2. The van der Waals surface area contributed by atoms with Crippen molar-refractivity contribution >= 4 is 22.6 Å². The van der Waals surface area contributed by atoms with E-state index >= 15 is 0 Å². The molecular weight excluding hydrogens is 406 g/mol. The Hall–Kier alpha value is -4.77. The van der Waals surface area contributed by atoms with Crippen LogP contribution < -0.4 is 16.4 Å². The molecule has 3 aromatic carbocycles. The molecule has 0 unspecified atom stereocenters. The van der Waals surface area contributed by atoms with Crippen molar-refractivity contribution in [3.05, 3.63) is 112 Å². The van der Waals surface area contributed by atoms with Gasteiger partial charge in [0.05, 0.1) is 23.6 Å². The monoisotopic (exact) mass is 423 g/mol. The van der Waals surface area contributed by atoms with E-state index in [0.717, 1.165) is 5.56 Å². The zero-order valence-corrected chi connectivity index (χ0v) is 16.8. The summed E-state index contributed by atoms with van der Waals surface area (Å²) in [5.74, 6) is -1.26. The molecule has 0 aliphatic carbocycles. The minimum atomic E-state index is -0.673. The molecule has 32 heavy (non-hydrogen) atoms. The van der Waals surface area contributed by atoms with Gasteiger partial charge in [0.2, 0.25) is 0 Å². The van der Waals surface area contributed by atoms with Crippen molar-refractivity contribution in [1.29, 1.82) is 5.26 Å². The quantitative estimate of drug-likeness (QED) is 0.489. The summed E-state index contributed by atoms with van der Waals surface area (Å²) in [6, 6.07) is 24.0. The standard InChI is InChI=1S/C24H17N5O3/c25-14-17-9-6-10-18(13-17)22(30)26-27-23(31)21-19-11-4-5-12-20(19)24(32)29(28-21)15-16-7-2-1-3-8-16/h1-13H,15H2,(H,26,30)(H,27,31). The lowest BCUT2D eigenvalue weighted by Gasteiger charge is -2.12. The molecule has 0 aliphatic heterocycles. The first-order valence-corrected chi connectivity index (χ1v) is 9.71. The summed E-state index contributed by atoms with van der Waals surface area (Å²) >= 11 is 0. The first-order chi connectivity index (χ1) is 15.6. The number of carbonyl (C=O) groups excluding carboxylic acids is 2. The number of hydrogen-bond acceptors (Lipinski definition) is 5. The number of aromatic nitrogens is 2. The molecule has 0 atom stereocenters. The molecule has 0 saturated heterocycles. The third-order valence-electron chi connectivity index (χ3n) is 4.80. The average Bonchev–Trinajstić information content (AvgIpc) is 2.84. The minimum Gasteiger partial charge on any atom is -0.267 e. The van der Waals surface area contributed by atoms with Crippen molar-refractivity contribution < 1.29 is 9.59 Å². The molecule has 8 nitrogen and oxygen atoms in total. The Kier molecular flexibility index (Phi) is 5.72. The molecule has 4 rings (SSSR count). The highest BCUT2D eigenvalue weighted by molar-refractivity contribution is 6.06. The first kappa shape index (κ1) is 20.5. The van der Waals surface area contributed by atoms with Crippen molar-refractivity contribution in [2.75, 3.05) is 0 Å². The van der Waals surface area contributed by atoms with Gasteiger partial charge >= 0.3 is 0 Å². The van der Waals surface area contributed by atoms with E-state index < -0.39 is 11.8 Å². The topological polar surface area (TPSA) is 117 Å². The largest absolute Gasteiger partial charge is 0.290 e. The van der Waals surface area contributed by atoms with Gasteiger partial charge in [0, 0.05) is 10.9 Å². The second-order valence-electron chi connectivity index (χ2n) is 6.94. The van der Waals surface area contributed by atoms with Crippen LogP contribution in [0.1, 0.15) is 32.0 Å². The van der Waals surface area contributed by atoms with Gasteiger partial charge in [-0.15, -0.1) is 0 Å². The number of rotatable bonds is 4. The summed E-state index contributed by atoms with van der Waals surface area (Å²) in [5.41, 5.74) is 5.74. The summed E-state index contributed by atoms with van der Waals surface area (Å²) in [5, 5.41) is 14.0. The zero-order valence-electron chi connectivity index (χ0n) is 16.8. The number of carbonyl (C=O) groups is 2. The van der Waals surface area contributed by atoms with Crippen LogP contribution in [-0.4, -0.2) is 21.6 Å². The van der Waals surface area contributed by atoms with Gasteiger partial charge in [-0.2, -0.15) is 10.4 Å².